The van der Waals surface area contributed by atoms with Gasteiger partial charge < -0.3 is 14.2 Å². The molecule has 13 heteroatoms. The zero-order valence-electron chi connectivity index (χ0n) is 16.8. The molecule has 0 radical (unpaired) electrons. The number of aromatic nitrogens is 5. The van der Waals surface area contributed by atoms with Crippen molar-refractivity contribution in [2.75, 3.05) is 43.9 Å². The van der Waals surface area contributed by atoms with E-state index in [1.165, 1.54) is 28.4 Å². The third-order valence-corrected chi connectivity index (χ3v) is 6.94. The first-order chi connectivity index (χ1) is 14.9. The number of H-pyrrole nitrogens is 1. The standard InChI is InChI=1S/C18H21N7O5S/c1-30-17(27)14-12-23(11-13-15(14)21-22-16(13)26)9-10-31(28,29)25-7-5-24(6-8-25)18-19-3-2-4-20-18/h2-4,11-12H,5-10H2,1H3,(H,22,26). The highest BCUT2D eigenvalue weighted by Crippen LogP contribution is 2.21. The van der Waals surface area contributed by atoms with Crippen molar-refractivity contribution in [2.24, 2.45) is 0 Å². The number of carbonyl (C=O) groups is 1. The molecule has 0 aliphatic carbocycles. The van der Waals surface area contributed by atoms with Gasteiger partial charge in [-0.1, -0.05) is 0 Å². The minimum atomic E-state index is -3.55. The lowest BCUT2D eigenvalue weighted by molar-refractivity contribution is 0.0600. The Labute approximate surface area is 177 Å². The van der Waals surface area contributed by atoms with Gasteiger partial charge in [0.05, 0.1) is 18.4 Å². The predicted molar refractivity (Wildman–Crippen MR) is 110 cm³/mol. The molecular weight excluding hydrogens is 426 g/mol. The van der Waals surface area contributed by atoms with Crippen LogP contribution in [0.5, 0.6) is 0 Å². The van der Waals surface area contributed by atoms with Crippen LogP contribution in [0.3, 0.4) is 0 Å². The Bertz CT molecular complexity index is 1200. The number of nitrogens with one attached hydrogen (secondary N) is 1. The number of nitrogens with zero attached hydrogens (tertiary/aromatic N) is 6. The first kappa shape index (κ1) is 20.9. The van der Waals surface area contributed by atoms with Crippen LogP contribution in [0, 0.1) is 0 Å². The Balaban J connectivity index is 1.46. The van der Waals surface area contributed by atoms with E-state index in [1.54, 1.807) is 18.5 Å². The van der Waals surface area contributed by atoms with Crippen LogP contribution in [0.15, 0.2) is 35.6 Å². The Hall–Kier alpha value is -3.32. The number of rotatable bonds is 6. The van der Waals surface area contributed by atoms with Crippen molar-refractivity contribution in [1.29, 1.82) is 0 Å². The van der Waals surface area contributed by atoms with Crippen molar-refractivity contribution >= 4 is 21.9 Å². The van der Waals surface area contributed by atoms with Crippen molar-refractivity contribution in [1.82, 2.24) is 29.0 Å². The summed E-state index contributed by atoms with van der Waals surface area (Å²) in [6.07, 6.45) is 6.22. The fourth-order valence-electron chi connectivity index (χ4n) is 3.45. The average Bonchev–Trinajstić information content (AvgIpc) is 3.18. The molecule has 4 rings (SSSR count). The predicted octanol–water partition coefficient (Wildman–Crippen LogP) is -0.595. The number of fused-ring (bicyclic) bond motifs is 1. The van der Waals surface area contributed by atoms with Crippen LogP contribution in [0.1, 0.15) is 10.4 Å². The Kier molecular flexibility index (Phi) is 5.69. The molecule has 0 unspecified atom stereocenters. The molecule has 0 atom stereocenters. The summed E-state index contributed by atoms with van der Waals surface area (Å²) in [5.41, 5.74) is 0.0100. The SMILES string of the molecule is COC(=O)c1cn(CCS(=O)(=O)N2CCN(c3ncccn3)CC2)cc2c(=O)[nH]nc1-2. The van der Waals surface area contributed by atoms with Gasteiger partial charge in [-0.05, 0) is 6.07 Å². The van der Waals surface area contributed by atoms with Gasteiger partial charge in [-0.2, -0.15) is 9.40 Å². The molecule has 3 aliphatic rings. The van der Waals surface area contributed by atoms with E-state index in [0.717, 1.165) is 0 Å². The lowest BCUT2D eigenvalue weighted by Crippen LogP contribution is -2.50. The summed E-state index contributed by atoms with van der Waals surface area (Å²) in [4.78, 5) is 34.3. The Morgan fingerprint density at radius 1 is 1.16 bits per heavy atom. The number of methoxy groups -OCH3 is 1. The summed E-state index contributed by atoms with van der Waals surface area (Å²) >= 11 is 0. The largest absolute Gasteiger partial charge is 0.465 e. The molecule has 1 fully saturated rings. The van der Waals surface area contributed by atoms with Gasteiger partial charge in [0.2, 0.25) is 16.0 Å². The molecule has 0 bridgehead atoms. The second kappa shape index (κ2) is 8.43. The topological polar surface area (TPSA) is 143 Å². The second-order valence-corrected chi connectivity index (χ2v) is 9.06. The third kappa shape index (κ3) is 4.27. The van der Waals surface area contributed by atoms with E-state index in [1.807, 2.05) is 4.90 Å². The van der Waals surface area contributed by atoms with Crippen LogP contribution in [0.4, 0.5) is 5.95 Å². The summed E-state index contributed by atoms with van der Waals surface area (Å²) in [5, 5.41) is 6.15. The van der Waals surface area contributed by atoms with Crippen LogP contribution in [0.25, 0.3) is 11.3 Å². The summed E-state index contributed by atoms with van der Waals surface area (Å²) < 4.78 is 33.4. The first-order valence-electron chi connectivity index (χ1n) is 9.55. The van der Waals surface area contributed by atoms with E-state index in [-0.39, 0.29) is 29.1 Å². The molecule has 31 heavy (non-hydrogen) atoms. The number of esters is 1. The van der Waals surface area contributed by atoms with E-state index >= 15 is 0 Å². The molecule has 3 aliphatic heterocycles. The maximum absolute atomic E-state index is 12.8. The van der Waals surface area contributed by atoms with Gasteiger partial charge in [-0.3, -0.25) is 4.79 Å². The highest BCUT2D eigenvalue weighted by atomic mass is 32.2. The number of hydrogen-bond acceptors (Lipinski definition) is 9. The minimum Gasteiger partial charge on any atom is -0.465 e. The normalized spacial score (nSPS) is 15.3. The van der Waals surface area contributed by atoms with E-state index in [9.17, 15) is 18.0 Å². The van der Waals surface area contributed by atoms with Gasteiger partial charge in [0.1, 0.15) is 11.3 Å². The Morgan fingerprint density at radius 3 is 2.55 bits per heavy atom. The maximum Gasteiger partial charge on any atom is 0.341 e. The molecule has 0 saturated carbocycles. The van der Waals surface area contributed by atoms with E-state index < -0.39 is 21.6 Å². The molecule has 0 spiro atoms. The smallest absolute Gasteiger partial charge is 0.341 e. The molecule has 1 aromatic heterocycles. The number of piperazine rings is 1. The number of aryl methyl sites for hydroxylation is 1. The summed E-state index contributed by atoms with van der Waals surface area (Å²) in [6.45, 7) is 1.69. The molecule has 12 nitrogen and oxygen atoms in total. The van der Waals surface area contributed by atoms with Crippen LogP contribution in [0.2, 0.25) is 0 Å². The molecular formula is C18H21N7O5S. The number of pyridine rings is 1. The number of anilines is 1. The lowest BCUT2D eigenvalue weighted by Gasteiger charge is -2.34. The molecule has 0 amide bonds. The number of hydrogen-bond donors (Lipinski definition) is 1. The van der Waals surface area contributed by atoms with Gasteiger partial charge in [0, 0.05) is 57.5 Å². The zero-order valence-corrected chi connectivity index (χ0v) is 17.6. The zero-order chi connectivity index (χ0) is 22.0. The molecule has 1 N–H and O–H groups in total. The van der Waals surface area contributed by atoms with Crippen LogP contribution < -0.4 is 10.5 Å². The average molecular weight is 447 g/mol. The lowest BCUT2D eigenvalue weighted by atomic mass is 10.1. The van der Waals surface area contributed by atoms with Crippen LogP contribution >= 0.6 is 0 Å². The first-order valence-corrected chi connectivity index (χ1v) is 11.2. The van der Waals surface area contributed by atoms with Gasteiger partial charge in [-0.25, -0.2) is 28.3 Å². The fraction of sp³-hybridized carbons (Fsp3) is 0.389. The quantitative estimate of drug-likeness (QED) is 0.490. The molecule has 164 valence electrons. The maximum atomic E-state index is 12.8. The molecule has 1 aromatic rings. The van der Waals surface area contributed by atoms with Crippen LogP contribution in [-0.4, -0.2) is 82.5 Å². The highest BCUT2D eigenvalue weighted by Gasteiger charge is 2.28. The van der Waals surface area contributed by atoms with Crippen molar-refractivity contribution in [3.8, 4) is 11.3 Å². The number of sulfonamides is 1. The van der Waals surface area contributed by atoms with Crippen molar-refractivity contribution in [2.45, 2.75) is 6.54 Å². The monoisotopic (exact) mass is 447 g/mol. The van der Waals surface area contributed by atoms with E-state index in [2.05, 4.69) is 20.2 Å². The molecule has 4 heterocycles. The fourth-order valence-corrected chi connectivity index (χ4v) is 4.87. The number of carbonyl (C=O) groups excluding carboxylic acids is 1. The van der Waals surface area contributed by atoms with Crippen molar-refractivity contribution in [3.05, 3.63) is 46.8 Å². The second-order valence-electron chi connectivity index (χ2n) is 6.97. The minimum absolute atomic E-state index is 0.0644. The highest BCUT2D eigenvalue weighted by molar-refractivity contribution is 7.89. The van der Waals surface area contributed by atoms with Crippen molar-refractivity contribution in [3.63, 3.8) is 0 Å². The van der Waals surface area contributed by atoms with Gasteiger partial charge in [-0.15, -0.1) is 0 Å². The number of ether oxygens (including phenoxy) is 1. The van der Waals surface area contributed by atoms with E-state index in [4.69, 9.17) is 4.74 Å². The van der Waals surface area contributed by atoms with Crippen LogP contribution in [-0.2, 0) is 21.3 Å². The summed E-state index contributed by atoms with van der Waals surface area (Å²) in [7, 11) is -2.33. The van der Waals surface area contributed by atoms with Gasteiger partial charge in [0.15, 0.2) is 0 Å². The van der Waals surface area contributed by atoms with E-state index in [0.29, 0.717) is 32.1 Å². The van der Waals surface area contributed by atoms with Gasteiger partial charge in [0.25, 0.3) is 5.56 Å². The van der Waals surface area contributed by atoms with Crippen molar-refractivity contribution < 1.29 is 17.9 Å². The Morgan fingerprint density at radius 2 is 1.87 bits per heavy atom. The van der Waals surface area contributed by atoms with Gasteiger partial charge >= 0.3 is 5.97 Å². The summed E-state index contributed by atoms with van der Waals surface area (Å²) in [6, 6.07) is 1.73. The molecule has 1 saturated heterocycles. The third-order valence-electron chi connectivity index (χ3n) is 5.09. The molecule has 0 aromatic carbocycles. The summed E-state index contributed by atoms with van der Waals surface area (Å²) in [5.74, 6) is -0.266. The number of aromatic amines is 1.